The second-order valence-electron chi connectivity index (χ2n) is 4.24. The standard InChI is InChI=1S/C12H11N3O4/c16-11(17)7-14-3-4-15-9(12(14)18)6-8(13-15)10-2-1-5-19-10/h1-2,5-6H,3-4,7H2,(H,16,17). The van der Waals surface area contributed by atoms with E-state index in [0.717, 1.165) is 0 Å². The Morgan fingerprint density at radius 2 is 2.32 bits per heavy atom. The van der Waals surface area contributed by atoms with Gasteiger partial charge in [-0.25, -0.2) is 0 Å². The van der Waals surface area contributed by atoms with Crippen LogP contribution in [0.15, 0.2) is 28.9 Å². The van der Waals surface area contributed by atoms with Crippen LogP contribution in [0.5, 0.6) is 0 Å². The number of carboxylic acid groups (broad SMARTS) is 1. The average molecular weight is 261 g/mol. The lowest BCUT2D eigenvalue weighted by molar-refractivity contribution is -0.137. The number of hydrogen-bond acceptors (Lipinski definition) is 4. The van der Waals surface area contributed by atoms with Crippen LogP contribution in [0, 0.1) is 0 Å². The topological polar surface area (TPSA) is 88.6 Å². The lowest BCUT2D eigenvalue weighted by Crippen LogP contribution is -2.43. The van der Waals surface area contributed by atoms with E-state index < -0.39 is 5.97 Å². The summed E-state index contributed by atoms with van der Waals surface area (Å²) in [5.41, 5.74) is 0.962. The summed E-state index contributed by atoms with van der Waals surface area (Å²) in [6.45, 7) is 0.534. The van der Waals surface area contributed by atoms with Gasteiger partial charge in [0.15, 0.2) is 5.76 Å². The summed E-state index contributed by atoms with van der Waals surface area (Å²) >= 11 is 0. The third-order valence-electron chi connectivity index (χ3n) is 2.97. The van der Waals surface area contributed by atoms with Crippen LogP contribution >= 0.6 is 0 Å². The number of rotatable bonds is 3. The first-order valence-electron chi connectivity index (χ1n) is 5.78. The number of fused-ring (bicyclic) bond motifs is 1. The molecule has 98 valence electrons. The molecule has 7 nitrogen and oxygen atoms in total. The Labute approximate surface area is 108 Å². The Kier molecular flexibility index (Phi) is 2.59. The second-order valence-corrected chi connectivity index (χ2v) is 4.24. The molecule has 2 aromatic rings. The summed E-state index contributed by atoms with van der Waals surface area (Å²) in [6, 6.07) is 5.12. The lowest BCUT2D eigenvalue weighted by Gasteiger charge is -2.25. The molecule has 0 aliphatic carbocycles. The number of amides is 1. The SMILES string of the molecule is O=C(O)CN1CCn2nc(-c3ccco3)cc2C1=O. The van der Waals surface area contributed by atoms with Gasteiger partial charge >= 0.3 is 5.97 Å². The molecule has 0 fully saturated rings. The van der Waals surface area contributed by atoms with Crippen molar-refractivity contribution in [2.75, 3.05) is 13.1 Å². The van der Waals surface area contributed by atoms with Crippen molar-refractivity contribution in [1.82, 2.24) is 14.7 Å². The van der Waals surface area contributed by atoms with E-state index in [2.05, 4.69) is 5.10 Å². The van der Waals surface area contributed by atoms with Gasteiger partial charge in [-0.3, -0.25) is 14.3 Å². The molecule has 0 saturated carbocycles. The molecule has 19 heavy (non-hydrogen) atoms. The highest BCUT2D eigenvalue weighted by atomic mass is 16.4. The normalized spacial score (nSPS) is 14.5. The molecule has 0 aromatic carbocycles. The van der Waals surface area contributed by atoms with E-state index in [1.54, 1.807) is 22.9 Å². The van der Waals surface area contributed by atoms with Gasteiger partial charge in [-0.15, -0.1) is 0 Å². The minimum Gasteiger partial charge on any atom is -0.480 e. The quantitative estimate of drug-likeness (QED) is 0.877. The molecule has 1 aliphatic rings. The third-order valence-corrected chi connectivity index (χ3v) is 2.97. The zero-order chi connectivity index (χ0) is 13.4. The van der Waals surface area contributed by atoms with E-state index >= 15 is 0 Å². The molecule has 0 saturated heterocycles. The fraction of sp³-hybridized carbons (Fsp3) is 0.250. The first kappa shape index (κ1) is 11.5. The lowest BCUT2D eigenvalue weighted by atomic mass is 10.2. The molecule has 0 spiro atoms. The van der Waals surface area contributed by atoms with Gasteiger partial charge in [0, 0.05) is 12.6 Å². The number of carbonyl (C=O) groups is 2. The maximum atomic E-state index is 12.1. The van der Waals surface area contributed by atoms with Crippen LogP contribution in [-0.2, 0) is 11.3 Å². The maximum absolute atomic E-state index is 12.1. The molecule has 1 aliphatic heterocycles. The van der Waals surface area contributed by atoms with Crippen LogP contribution in [0.1, 0.15) is 10.5 Å². The zero-order valence-electron chi connectivity index (χ0n) is 9.94. The Hall–Kier alpha value is -2.57. The van der Waals surface area contributed by atoms with E-state index in [0.29, 0.717) is 30.2 Å². The maximum Gasteiger partial charge on any atom is 0.323 e. The zero-order valence-corrected chi connectivity index (χ0v) is 9.94. The molecule has 0 bridgehead atoms. The van der Waals surface area contributed by atoms with Crippen LogP contribution in [0.2, 0.25) is 0 Å². The van der Waals surface area contributed by atoms with Crippen LogP contribution in [0.25, 0.3) is 11.5 Å². The van der Waals surface area contributed by atoms with Gasteiger partial charge in [0.1, 0.15) is 17.9 Å². The first-order chi connectivity index (χ1) is 9.15. The van der Waals surface area contributed by atoms with Crippen LogP contribution < -0.4 is 0 Å². The molecule has 1 N–H and O–H groups in total. The minimum absolute atomic E-state index is 0.292. The minimum atomic E-state index is -1.02. The monoisotopic (exact) mass is 261 g/mol. The summed E-state index contributed by atoms with van der Waals surface area (Å²) in [5.74, 6) is -0.758. The van der Waals surface area contributed by atoms with E-state index in [-0.39, 0.29) is 12.5 Å². The van der Waals surface area contributed by atoms with Gasteiger partial charge in [-0.1, -0.05) is 0 Å². The van der Waals surface area contributed by atoms with Crippen molar-refractivity contribution < 1.29 is 19.1 Å². The Balaban J connectivity index is 1.92. The Bertz CT molecular complexity index is 629. The third kappa shape index (κ3) is 1.99. The summed E-state index contributed by atoms with van der Waals surface area (Å²) in [6.07, 6.45) is 1.53. The molecule has 0 atom stereocenters. The smallest absolute Gasteiger partial charge is 0.323 e. The van der Waals surface area contributed by atoms with E-state index in [9.17, 15) is 9.59 Å². The highest BCUT2D eigenvalue weighted by Crippen LogP contribution is 2.22. The van der Waals surface area contributed by atoms with Gasteiger partial charge in [-0.05, 0) is 12.1 Å². The molecular weight excluding hydrogens is 250 g/mol. The molecule has 0 unspecified atom stereocenters. The molecule has 7 heteroatoms. The van der Waals surface area contributed by atoms with Crippen molar-refractivity contribution in [1.29, 1.82) is 0 Å². The van der Waals surface area contributed by atoms with E-state index in [4.69, 9.17) is 9.52 Å². The number of aromatic nitrogens is 2. The first-order valence-corrected chi connectivity index (χ1v) is 5.78. The summed E-state index contributed by atoms with van der Waals surface area (Å²) < 4.78 is 6.81. The van der Waals surface area contributed by atoms with Crippen molar-refractivity contribution in [3.63, 3.8) is 0 Å². The molecule has 1 amide bonds. The summed E-state index contributed by atoms with van der Waals surface area (Å²) in [4.78, 5) is 24.1. The van der Waals surface area contributed by atoms with Crippen molar-refractivity contribution in [3.05, 3.63) is 30.2 Å². The molecule has 0 radical (unpaired) electrons. The fourth-order valence-corrected chi connectivity index (χ4v) is 2.10. The highest BCUT2D eigenvalue weighted by molar-refractivity contribution is 5.95. The second kappa shape index (κ2) is 4.27. The van der Waals surface area contributed by atoms with Crippen molar-refractivity contribution in [2.24, 2.45) is 0 Å². The number of nitrogens with zero attached hydrogens (tertiary/aromatic N) is 3. The van der Waals surface area contributed by atoms with Crippen LogP contribution in [0.4, 0.5) is 0 Å². The van der Waals surface area contributed by atoms with Gasteiger partial charge < -0.3 is 14.4 Å². The van der Waals surface area contributed by atoms with Gasteiger partial charge in [0.25, 0.3) is 5.91 Å². The van der Waals surface area contributed by atoms with Crippen molar-refractivity contribution in [3.8, 4) is 11.5 Å². The molecule has 2 aromatic heterocycles. The van der Waals surface area contributed by atoms with Crippen molar-refractivity contribution in [2.45, 2.75) is 6.54 Å². The largest absolute Gasteiger partial charge is 0.480 e. The predicted octanol–water partition coefficient (Wildman–Crippen LogP) is 0.683. The van der Waals surface area contributed by atoms with Gasteiger partial charge in [0.2, 0.25) is 0 Å². The van der Waals surface area contributed by atoms with Crippen LogP contribution in [-0.4, -0.2) is 44.8 Å². The number of aliphatic carboxylic acids is 1. The summed E-state index contributed by atoms with van der Waals surface area (Å²) in [7, 11) is 0. The van der Waals surface area contributed by atoms with E-state index in [1.807, 2.05) is 0 Å². The Morgan fingerprint density at radius 3 is 3.00 bits per heavy atom. The summed E-state index contributed by atoms with van der Waals surface area (Å²) in [5, 5.41) is 13.0. The van der Waals surface area contributed by atoms with Gasteiger partial charge in [0.05, 0.1) is 12.8 Å². The van der Waals surface area contributed by atoms with Crippen LogP contribution in [0.3, 0.4) is 0 Å². The Morgan fingerprint density at radius 1 is 1.47 bits per heavy atom. The average Bonchev–Trinajstić information content (AvgIpc) is 3.00. The molecular formula is C12H11N3O4. The molecule has 3 rings (SSSR count). The van der Waals surface area contributed by atoms with Crippen molar-refractivity contribution >= 4 is 11.9 Å². The number of carbonyl (C=O) groups excluding carboxylic acids is 1. The predicted molar refractivity (Wildman–Crippen MR) is 63.5 cm³/mol. The number of hydrogen-bond donors (Lipinski definition) is 1. The van der Waals surface area contributed by atoms with E-state index in [1.165, 1.54) is 11.2 Å². The fourth-order valence-electron chi connectivity index (χ4n) is 2.10. The highest BCUT2D eigenvalue weighted by Gasteiger charge is 2.28. The van der Waals surface area contributed by atoms with Gasteiger partial charge in [-0.2, -0.15) is 5.10 Å². The number of furan rings is 1. The number of carboxylic acids is 1. The molecule has 3 heterocycles.